The average Bonchev–Trinajstić information content (AvgIpc) is 2.36. The van der Waals surface area contributed by atoms with Crippen LogP contribution in [-0.4, -0.2) is 39.0 Å². The van der Waals surface area contributed by atoms with Gasteiger partial charge >= 0.3 is 17.6 Å². The number of hydrogen-bond acceptors (Lipinski definition) is 5. The molecular weight excluding hydrogens is 291 g/mol. The number of nitro groups is 1. The Bertz CT molecular complexity index is 617. The summed E-state index contributed by atoms with van der Waals surface area (Å²) in [5, 5.41) is 29.6. The molecule has 0 aliphatic carbocycles. The largest absolute Gasteiger partial charge is 0.481 e. The van der Waals surface area contributed by atoms with Crippen molar-refractivity contribution in [3.63, 3.8) is 0 Å². The van der Waals surface area contributed by atoms with E-state index in [-0.39, 0.29) is 5.56 Å². The summed E-state index contributed by atoms with van der Waals surface area (Å²) in [7, 11) is 0. The highest BCUT2D eigenvalue weighted by Gasteiger charge is 2.24. The van der Waals surface area contributed by atoms with Gasteiger partial charge in [0.05, 0.1) is 11.3 Å². The molecule has 0 aromatic heterocycles. The molecule has 1 unspecified atom stereocenters. The van der Waals surface area contributed by atoms with Crippen molar-refractivity contribution in [1.82, 2.24) is 5.32 Å². The minimum atomic E-state index is -1.70. The number of hydrogen-bond donors (Lipinski definition) is 3. The smallest absolute Gasteiger partial charge is 0.326 e. The second kappa shape index (κ2) is 6.41. The van der Waals surface area contributed by atoms with E-state index in [0.717, 1.165) is 12.1 Å². The number of nitrogens with one attached hydrogen (secondary N) is 1. The van der Waals surface area contributed by atoms with Gasteiger partial charge in [-0.15, -0.1) is 0 Å². The summed E-state index contributed by atoms with van der Waals surface area (Å²) in [5.41, 5.74) is -1.21. The second-order valence-corrected chi connectivity index (χ2v) is 3.89. The Morgan fingerprint density at radius 2 is 1.95 bits per heavy atom. The molecule has 0 fully saturated rings. The summed E-state index contributed by atoms with van der Waals surface area (Å²) in [6.45, 7) is 0. The third-order valence-electron chi connectivity index (χ3n) is 2.39. The van der Waals surface area contributed by atoms with Crippen molar-refractivity contribution < 1.29 is 33.9 Å². The maximum atomic E-state index is 13.3. The van der Waals surface area contributed by atoms with Gasteiger partial charge in [-0.2, -0.15) is 4.39 Å². The first-order valence-electron chi connectivity index (χ1n) is 5.41. The van der Waals surface area contributed by atoms with E-state index in [4.69, 9.17) is 10.2 Å². The fourth-order valence-electron chi connectivity index (χ4n) is 1.41. The lowest BCUT2D eigenvalue weighted by molar-refractivity contribution is -0.387. The number of benzene rings is 1. The molecule has 0 aliphatic heterocycles. The summed E-state index contributed by atoms with van der Waals surface area (Å²) in [6, 6.07) is 0.536. The molecule has 112 valence electrons. The number of nitro benzene ring substituents is 1. The third kappa shape index (κ3) is 4.23. The van der Waals surface area contributed by atoms with E-state index in [1.807, 2.05) is 5.32 Å². The number of aliphatic carboxylic acids is 2. The fraction of sp³-hybridized carbons (Fsp3) is 0.182. The molecule has 9 nitrogen and oxygen atoms in total. The first-order valence-corrected chi connectivity index (χ1v) is 5.41. The van der Waals surface area contributed by atoms with Crippen LogP contribution in [0.5, 0.6) is 0 Å². The van der Waals surface area contributed by atoms with E-state index in [1.54, 1.807) is 0 Å². The molecule has 1 aromatic rings. The van der Waals surface area contributed by atoms with Gasteiger partial charge in [-0.05, 0) is 12.1 Å². The molecule has 1 amide bonds. The van der Waals surface area contributed by atoms with E-state index >= 15 is 0 Å². The SMILES string of the molecule is O=C(O)CC(NC(=O)c1ccc([N+](=O)[O-])c(F)c1)C(=O)O. The Kier molecular flexibility index (Phi) is 4.89. The van der Waals surface area contributed by atoms with E-state index in [2.05, 4.69) is 0 Å². The summed E-state index contributed by atoms with van der Waals surface area (Å²) >= 11 is 0. The maximum absolute atomic E-state index is 13.3. The first-order chi connectivity index (χ1) is 9.72. The molecule has 21 heavy (non-hydrogen) atoms. The zero-order chi connectivity index (χ0) is 16.2. The van der Waals surface area contributed by atoms with E-state index in [1.165, 1.54) is 0 Å². The van der Waals surface area contributed by atoms with Crippen molar-refractivity contribution in [1.29, 1.82) is 0 Å². The Morgan fingerprint density at radius 3 is 2.38 bits per heavy atom. The number of rotatable bonds is 6. The highest BCUT2D eigenvalue weighted by Crippen LogP contribution is 2.18. The van der Waals surface area contributed by atoms with Gasteiger partial charge in [0.2, 0.25) is 5.82 Å². The molecule has 0 spiro atoms. The summed E-state index contributed by atoms with van der Waals surface area (Å²) in [5.74, 6) is -5.35. The van der Waals surface area contributed by atoms with Gasteiger partial charge in [0.25, 0.3) is 5.91 Å². The van der Waals surface area contributed by atoms with Crippen LogP contribution in [0.4, 0.5) is 10.1 Å². The van der Waals surface area contributed by atoms with Gasteiger partial charge in [0, 0.05) is 11.6 Å². The second-order valence-electron chi connectivity index (χ2n) is 3.89. The van der Waals surface area contributed by atoms with Crippen LogP contribution in [0.15, 0.2) is 18.2 Å². The minimum Gasteiger partial charge on any atom is -0.481 e. The van der Waals surface area contributed by atoms with Gasteiger partial charge in [-0.3, -0.25) is 19.7 Å². The van der Waals surface area contributed by atoms with Crippen LogP contribution >= 0.6 is 0 Å². The molecule has 1 rings (SSSR count). The first kappa shape index (κ1) is 16.0. The Labute approximate surface area is 116 Å². The Balaban J connectivity index is 2.93. The Morgan fingerprint density at radius 1 is 1.33 bits per heavy atom. The molecular formula is C11H9FN2O7. The number of amides is 1. The highest BCUT2D eigenvalue weighted by atomic mass is 19.1. The number of carboxylic acids is 2. The Hall–Kier alpha value is -3.04. The zero-order valence-electron chi connectivity index (χ0n) is 10.3. The van der Waals surface area contributed by atoms with Crippen LogP contribution in [0, 0.1) is 15.9 Å². The third-order valence-corrected chi connectivity index (χ3v) is 2.39. The fourth-order valence-corrected chi connectivity index (χ4v) is 1.41. The standard InChI is InChI=1S/C11H9FN2O7/c12-6-3-5(1-2-8(6)14(20)21)10(17)13-7(11(18)19)4-9(15)16/h1-3,7H,4H2,(H,13,17)(H,15,16)(H,18,19). The predicted octanol–water partition coefficient (Wildman–Crippen LogP) is 0.392. The molecule has 0 bridgehead atoms. The van der Waals surface area contributed by atoms with Crippen molar-refractivity contribution in [2.24, 2.45) is 0 Å². The van der Waals surface area contributed by atoms with E-state index < -0.39 is 46.7 Å². The molecule has 10 heteroatoms. The van der Waals surface area contributed by atoms with Crippen LogP contribution in [0.1, 0.15) is 16.8 Å². The van der Waals surface area contributed by atoms with Gasteiger partial charge in [0.15, 0.2) is 0 Å². The number of nitrogens with zero attached hydrogens (tertiary/aromatic N) is 1. The van der Waals surface area contributed by atoms with Crippen molar-refractivity contribution in [3.8, 4) is 0 Å². The molecule has 0 saturated carbocycles. The van der Waals surface area contributed by atoms with Gasteiger partial charge in [-0.25, -0.2) is 4.79 Å². The average molecular weight is 300 g/mol. The zero-order valence-corrected chi connectivity index (χ0v) is 10.3. The normalized spacial score (nSPS) is 11.5. The van der Waals surface area contributed by atoms with Crippen LogP contribution in [0.25, 0.3) is 0 Å². The van der Waals surface area contributed by atoms with Gasteiger partial charge < -0.3 is 15.5 Å². The molecule has 1 atom stereocenters. The van der Waals surface area contributed by atoms with Gasteiger partial charge in [-0.1, -0.05) is 0 Å². The number of carboxylic acid groups (broad SMARTS) is 2. The van der Waals surface area contributed by atoms with Gasteiger partial charge in [0.1, 0.15) is 6.04 Å². The predicted molar refractivity (Wildman–Crippen MR) is 64.2 cm³/mol. The summed E-state index contributed by atoms with van der Waals surface area (Å²) in [6.07, 6.45) is -0.865. The van der Waals surface area contributed by atoms with Crippen molar-refractivity contribution in [2.75, 3.05) is 0 Å². The van der Waals surface area contributed by atoms with Crippen LogP contribution in [0.3, 0.4) is 0 Å². The highest BCUT2D eigenvalue weighted by molar-refractivity contribution is 5.97. The monoisotopic (exact) mass is 300 g/mol. The molecule has 0 radical (unpaired) electrons. The lowest BCUT2D eigenvalue weighted by atomic mass is 10.1. The molecule has 3 N–H and O–H groups in total. The lowest BCUT2D eigenvalue weighted by Crippen LogP contribution is -2.42. The van der Waals surface area contributed by atoms with Crippen molar-refractivity contribution >= 4 is 23.5 Å². The van der Waals surface area contributed by atoms with Crippen LogP contribution in [0.2, 0.25) is 0 Å². The lowest BCUT2D eigenvalue weighted by Gasteiger charge is -2.12. The summed E-state index contributed by atoms with van der Waals surface area (Å²) < 4.78 is 13.3. The topological polar surface area (TPSA) is 147 Å². The van der Waals surface area contributed by atoms with E-state index in [0.29, 0.717) is 6.07 Å². The summed E-state index contributed by atoms with van der Waals surface area (Å²) in [4.78, 5) is 42.3. The maximum Gasteiger partial charge on any atom is 0.326 e. The molecule has 0 saturated heterocycles. The quantitative estimate of drug-likeness (QED) is 0.508. The molecule has 0 aliphatic rings. The number of carbonyl (C=O) groups is 3. The molecule has 1 aromatic carbocycles. The number of carbonyl (C=O) groups excluding carboxylic acids is 1. The van der Waals surface area contributed by atoms with Crippen molar-refractivity contribution in [2.45, 2.75) is 12.5 Å². The molecule has 0 heterocycles. The minimum absolute atomic E-state index is 0.366. The van der Waals surface area contributed by atoms with Crippen molar-refractivity contribution in [3.05, 3.63) is 39.7 Å². The van der Waals surface area contributed by atoms with E-state index in [9.17, 15) is 28.9 Å². The van der Waals surface area contributed by atoms with Crippen LogP contribution in [-0.2, 0) is 9.59 Å². The number of halogens is 1. The van der Waals surface area contributed by atoms with Crippen LogP contribution < -0.4 is 5.32 Å².